The molecule has 2 amide bonds. The molecular weight excluding hydrogens is 280 g/mol. The molecule has 0 aliphatic heterocycles. The quantitative estimate of drug-likeness (QED) is 0.575. The Labute approximate surface area is 123 Å². The van der Waals surface area contributed by atoms with Crippen LogP contribution in [0.15, 0.2) is 0 Å². The van der Waals surface area contributed by atoms with Crippen LogP contribution in [-0.2, 0) is 14.4 Å². The van der Waals surface area contributed by atoms with E-state index in [9.17, 15) is 14.4 Å². The second-order valence-electron chi connectivity index (χ2n) is 4.99. The second-order valence-corrected chi connectivity index (χ2v) is 6.37. The number of carboxylic acid groups (broad SMARTS) is 1. The smallest absolute Gasteiger partial charge is 0.327 e. The van der Waals surface area contributed by atoms with Crippen molar-refractivity contribution in [3.05, 3.63) is 0 Å². The first-order chi connectivity index (χ1) is 9.54. The zero-order valence-electron chi connectivity index (χ0n) is 11.6. The fourth-order valence-electron chi connectivity index (χ4n) is 2.15. The van der Waals surface area contributed by atoms with Crippen molar-refractivity contribution in [2.45, 2.75) is 56.4 Å². The van der Waals surface area contributed by atoms with Crippen molar-refractivity contribution < 1.29 is 19.5 Å². The molecule has 0 radical (unpaired) electrons. The molecule has 1 saturated carbocycles. The summed E-state index contributed by atoms with van der Waals surface area (Å²) in [5.41, 5.74) is 0. The van der Waals surface area contributed by atoms with E-state index in [1.54, 1.807) is 6.92 Å². The Bertz CT molecular complexity index is 345. The lowest BCUT2D eigenvalue weighted by molar-refractivity contribution is -0.139. The van der Waals surface area contributed by atoms with Gasteiger partial charge in [0.15, 0.2) is 0 Å². The minimum Gasteiger partial charge on any atom is -0.480 e. The van der Waals surface area contributed by atoms with Crippen LogP contribution in [0.2, 0.25) is 0 Å². The van der Waals surface area contributed by atoms with Crippen molar-refractivity contribution in [3.8, 4) is 0 Å². The van der Waals surface area contributed by atoms with Gasteiger partial charge in [-0.2, -0.15) is 0 Å². The number of carbonyl (C=O) groups is 3. The Balaban J connectivity index is 2.32. The van der Waals surface area contributed by atoms with E-state index in [1.165, 1.54) is 18.2 Å². The highest BCUT2D eigenvalue weighted by Gasteiger charge is 2.23. The molecule has 7 heteroatoms. The molecule has 0 heterocycles. The summed E-state index contributed by atoms with van der Waals surface area (Å²) >= 11 is 1.24. The zero-order valence-corrected chi connectivity index (χ0v) is 12.4. The maximum Gasteiger partial charge on any atom is 0.327 e. The third-order valence-corrected chi connectivity index (χ3v) is 4.64. The van der Waals surface area contributed by atoms with E-state index in [2.05, 4.69) is 10.6 Å². The summed E-state index contributed by atoms with van der Waals surface area (Å²) in [5, 5.41) is 13.8. The van der Waals surface area contributed by atoms with E-state index in [0.29, 0.717) is 6.41 Å². The van der Waals surface area contributed by atoms with E-state index < -0.39 is 12.0 Å². The number of amides is 2. The van der Waals surface area contributed by atoms with Gasteiger partial charge in [0.25, 0.3) is 0 Å². The van der Waals surface area contributed by atoms with Gasteiger partial charge in [-0.25, -0.2) is 4.79 Å². The molecule has 0 aromatic rings. The molecule has 1 rings (SSSR count). The lowest BCUT2D eigenvalue weighted by atomic mass is 9.95. The van der Waals surface area contributed by atoms with Gasteiger partial charge in [-0.1, -0.05) is 19.3 Å². The van der Waals surface area contributed by atoms with Crippen LogP contribution >= 0.6 is 11.8 Å². The second kappa shape index (κ2) is 8.84. The highest BCUT2D eigenvalue weighted by atomic mass is 32.2. The summed E-state index contributed by atoms with van der Waals surface area (Å²) in [5.74, 6) is -0.977. The third kappa shape index (κ3) is 5.81. The predicted octanol–water partition coefficient (Wildman–Crippen LogP) is 0.756. The largest absolute Gasteiger partial charge is 0.480 e. The number of thioether (sulfide) groups is 1. The summed E-state index contributed by atoms with van der Waals surface area (Å²) in [7, 11) is 0. The van der Waals surface area contributed by atoms with Crippen molar-refractivity contribution in [3.63, 3.8) is 0 Å². The summed E-state index contributed by atoms with van der Waals surface area (Å²) in [6.45, 7) is 1.75. The normalized spacial score (nSPS) is 18.9. The molecule has 0 saturated heterocycles. The van der Waals surface area contributed by atoms with Gasteiger partial charge in [-0.3, -0.25) is 9.59 Å². The van der Waals surface area contributed by atoms with Crippen LogP contribution in [0.1, 0.15) is 39.0 Å². The van der Waals surface area contributed by atoms with Gasteiger partial charge < -0.3 is 15.7 Å². The number of hydrogen-bond acceptors (Lipinski definition) is 4. The molecule has 1 fully saturated rings. The van der Waals surface area contributed by atoms with Crippen LogP contribution in [-0.4, -0.2) is 46.5 Å². The maximum absolute atomic E-state index is 12.0. The lowest BCUT2D eigenvalue weighted by Crippen LogP contribution is -2.42. The highest BCUT2D eigenvalue weighted by Crippen LogP contribution is 2.19. The predicted molar refractivity (Wildman–Crippen MR) is 77.6 cm³/mol. The Morgan fingerprint density at radius 2 is 2.00 bits per heavy atom. The molecular formula is C13H22N2O4S. The number of hydrogen-bond donors (Lipinski definition) is 3. The molecule has 20 heavy (non-hydrogen) atoms. The van der Waals surface area contributed by atoms with Gasteiger partial charge in [0.2, 0.25) is 12.3 Å². The highest BCUT2D eigenvalue weighted by molar-refractivity contribution is 8.00. The van der Waals surface area contributed by atoms with Gasteiger partial charge >= 0.3 is 5.97 Å². The Morgan fingerprint density at radius 3 is 2.55 bits per heavy atom. The van der Waals surface area contributed by atoms with Gasteiger partial charge in [0.05, 0.1) is 5.25 Å². The van der Waals surface area contributed by atoms with Crippen molar-refractivity contribution >= 4 is 30.0 Å². The van der Waals surface area contributed by atoms with Crippen LogP contribution in [0.5, 0.6) is 0 Å². The van der Waals surface area contributed by atoms with Gasteiger partial charge in [-0.15, -0.1) is 11.8 Å². The fraction of sp³-hybridized carbons (Fsp3) is 0.769. The van der Waals surface area contributed by atoms with Crippen molar-refractivity contribution in [1.82, 2.24) is 10.6 Å². The molecule has 0 bridgehead atoms. The van der Waals surface area contributed by atoms with E-state index in [-0.39, 0.29) is 23.0 Å². The molecule has 3 N–H and O–H groups in total. The van der Waals surface area contributed by atoms with Crippen LogP contribution in [0, 0.1) is 0 Å². The first-order valence-corrected chi connectivity index (χ1v) is 7.94. The molecule has 1 aliphatic carbocycles. The molecule has 2 atom stereocenters. The first-order valence-electron chi connectivity index (χ1n) is 6.89. The number of carbonyl (C=O) groups excluding carboxylic acids is 2. The minimum absolute atomic E-state index is 0.0582. The van der Waals surface area contributed by atoms with Gasteiger partial charge in [0, 0.05) is 11.8 Å². The van der Waals surface area contributed by atoms with Crippen molar-refractivity contribution in [1.29, 1.82) is 0 Å². The maximum atomic E-state index is 12.0. The minimum atomic E-state index is -1.09. The Kier molecular flexibility index (Phi) is 7.43. The lowest BCUT2D eigenvalue weighted by Gasteiger charge is -2.24. The molecule has 6 nitrogen and oxygen atoms in total. The van der Waals surface area contributed by atoms with Crippen LogP contribution in [0.25, 0.3) is 0 Å². The summed E-state index contributed by atoms with van der Waals surface area (Å²) in [6, 6.07) is -0.704. The number of nitrogens with one attached hydrogen (secondary N) is 2. The van der Waals surface area contributed by atoms with E-state index in [4.69, 9.17) is 5.11 Å². The van der Waals surface area contributed by atoms with Crippen LogP contribution in [0.4, 0.5) is 0 Å². The number of rotatable bonds is 8. The SMILES string of the molecule is CC(SCC(NC=O)C(=O)O)C(=O)NC1CCCCC1. The van der Waals surface area contributed by atoms with Gasteiger partial charge in [-0.05, 0) is 19.8 Å². The summed E-state index contributed by atoms with van der Waals surface area (Å²) < 4.78 is 0. The topological polar surface area (TPSA) is 95.5 Å². The van der Waals surface area contributed by atoms with Crippen molar-refractivity contribution in [2.24, 2.45) is 0 Å². The fourth-order valence-corrected chi connectivity index (χ4v) is 3.09. The molecule has 2 unspecified atom stereocenters. The first kappa shape index (κ1) is 16.8. The van der Waals surface area contributed by atoms with Gasteiger partial charge in [0.1, 0.15) is 6.04 Å². The monoisotopic (exact) mass is 302 g/mol. The summed E-state index contributed by atoms with van der Waals surface area (Å²) in [6.07, 6.45) is 5.94. The Hall–Kier alpha value is -1.24. The number of aliphatic carboxylic acids is 1. The average molecular weight is 302 g/mol. The van der Waals surface area contributed by atoms with Crippen LogP contribution < -0.4 is 10.6 Å². The van der Waals surface area contributed by atoms with Crippen molar-refractivity contribution in [2.75, 3.05) is 5.75 Å². The zero-order chi connectivity index (χ0) is 15.0. The molecule has 114 valence electrons. The van der Waals surface area contributed by atoms with E-state index in [0.717, 1.165) is 25.7 Å². The van der Waals surface area contributed by atoms with E-state index >= 15 is 0 Å². The average Bonchev–Trinajstić information content (AvgIpc) is 2.43. The Morgan fingerprint density at radius 1 is 1.35 bits per heavy atom. The molecule has 0 aromatic heterocycles. The molecule has 1 aliphatic rings. The summed E-state index contributed by atoms with van der Waals surface area (Å²) in [4.78, 5) is 33.1. The number of carboxylic acids is 1. The standard InChI is InChI=1S/C13H22N2O4S/c1-9(20-7-11(13(18)19)14-8-16)12(17)15-10-5-3-2-4-6-10/h8-11H,2-7H2,1H3,(H,14,16)(H,15,17)(H,18,19). The van der Waals surface area contributed by atoms with Crippen LogP contribution in [0.3, 0.4) is 0 Å². The third-order valence-electron chi connectivity index (χ3n) is 3.40. The van der Waals surface area contributed by atoms with E-state index in [1.807, 2.05) is 0 Å². The molecule has 0 spiro atoms. The molecule has 0 aromatic carbocycles.